The van der Waals surface area contributed by atoms with Crippen molar-refractivity contribution in [3.63, 3.8) is 0 Å². The highest BCUT2D eigenvalue weighted by molar-refractivity contribution is 8.00. The number of rotatable bonds is 6. The van der Waals surface area contributed by atoms with Gasteiger partial charge in [-0.05, 0) is 30.3 Å². The van der Waals surface area contributed by atoms with Crippen LogP contribution in [0.2, 0.25) is 0 Å². The highest BCUT2D eigenvalue weighted by Gasteiger charge is 2.23. The molecule has 1 heterocycles. The van der Waals surface area contributed by atoms with Crippen LogP contribution in [0.1, 0.15) is 19.8 Å². The summed E-state index contributed by atoms with van der Waals surface area (Å²) in [4.78, 5) is 25.1. The smallest absolute Gasteiger partial charge is 0.225 e. The van der Waals surface area contributed by atoms with E-state index in [9.17, 15) is 18.0 Å². The number of hydrogen-bond acceptors (Lipinski definition) is 6. The van der Waals surface area contributed by atoms with E-state index in [0.717, 1.165) is 4.90 Å². The van der Waals surface area contributed by atoms with Crippen molar-refractivity contribution in [2.45, 2.75) is 34.8 Å². The molecule has 0 aliphatic carbocycles. The Hall–Kier alpha value is -2.52. The van der Waals surface area contributed by atoms with Crippen LogP contribution in [0.4, 0.5) is 11.4 Å². The van der Waals surface area contributed by atoms with Crippen LogP contribution < -0.4 is 15.4 Å². The second-order valence-corrected chi connectivity index (χ2v) is 10.2. The summed E-state index contributed by atoms with van der Waals surface area (Å²) in [6.45, 7) is 1.95. The van der Waals surface area contributed by atoms with Crippen LogP contribution >= 0.6 is 11.8 Å². The zero-order chi connectivity index (χ0) is 21.0. The Morgan fingerprint density at radius 2 is 2.03 bits per heavy atom. The Labute approximate surface area is 174 Å². The zero-order valence-corrected chi connectivity index (χ0v) is 17.7. The fourth-order valence-electron chi connectivity index (χ4n) is 2.93. The molecule has 0 saturated heterocycles. The molecule has 0 radical (unpaired) electrons. The van der Waals surface area contributed by atoms with Gasteiger partial charge in [0.15, 0.2) is 9.84 Å². The SMILES string of the molecule is COc1ccccc1NC(=O)CCS(=O)(=O)c1ccc2c(c1)NC(=O)CC(C)S2. The van der Waals surface area contributed by atoms with Gasteiger partial charge in [0.1, 0.15) is 5.75 Å². The number of methoxy groups -OCH3 is 1. The average molecular weight is 435 g/mol. The lowest BCUT2D eigenvalue weighted by Gasteiger charge is -2.11. The molecule has 0 saturated carbocycles. The summed E-state index contributed by atoms with van der Waals surface area (Å²) in [5.74, 6) is -0.415. The lowest BCUT2D eigenvalue weighted by molar-refractivity contribution is -0.116. The van der Waals surface area contributed by atoms with Gasteiger partial charge in [-0.1, -0.05) is 19.1 Å². The number of sulfone groups is 1. The molecule has 7 nitrogen and oxygen atoms in total. The third-order valence-electron chi connectivity index (χ3n) is 4.36. The molecule has 3 rings (SSSR count). The molecule has 9 heteroatoms. The van der Waals surface area contributed by atoms with Crippen molar-refractivity contribution in [1.29, 1.82) is 0 Å². The summed E-state index contributed by atoms with van der Waals surface area (Å²) in [5, 5.41) is 5.53. The number of amides is 2. The van der Waals surface area contributed by atoms with E-state index >= 15 is 0 Å². The van der Waals surface area contributed by atoms with Crippen LogP contribution in [0.15, 0.2) is 52.3 Å². The van der Waals surface area contributed by atoms with E-state index in [0.29, 0.717) is 23.5 Å². The van der Waals surface area contributed by atoms with Gasteiger partial charge in [-0.3, -0.25) is 9.59 Å². The standard InChI is InChI=1S/C20H22N2O5S2/c1-13-11-20(24)22-16-12-14(7-8-18(16)28-13)29(25,26)10-9-19(23)21-15-5-3-4-6-17(15)27-2/h3-8,12-13H,9-11H2,1-2H3,(H,21,23)(H,22,24). The maximum atomic E-state index is 12.7. The molecule has 2 aromatic rings. The summed E-state index contributed by atoms with van der Waals surface area (Å²) in [6.07, 6.45) is 0.167. The molecule has 154 valence electrons. The van der Waals surface area contributed by atoms with Gasteiger partial charge >= 0.3 is 0 Å². The minimum atomic E-state index is -3.69. The summed E-state index contributed by atoms with van der Waals surface area (Å²) >= 11 is 1.52. The molecule has 1 atom stereocenters. The number of anilines is 2. The van der Waals surface area contributed by atoms with E-state index < -0.39 is 15.7 Å². The number of thioether (sulfide) groups is 1. The molecule has 0 aromatic heterocycles. The zero-order valence-electron chi connectivity index (χ0n) is 16.1. The van der Waals surface area contributed by atoms with Gasteiger partial charge in [-0.25, -0.2) is 8.42 Å². The van der Waals surface area contributed by atoms with Gasteiger partial charge in [0.05, 0.1) is 29.1 Å². The predicted molar refractivity (Wildman–Crippen MR) is 113 cm³/mol. The Balaban J connectivity index is 1.70. The van der Waals surface area contributed by atoms with E-state index in [-0.39, 0.29) is 28.2 Å². The lowest BCUT2D eigenvalue weighted by Crippen LogP contribution is -2.18. The largest absolute Gasteiger partial charge is 0.495 e. The second kappa shape index (κ2) is 8.87. The molecule has 1 aliphatic rings. The van der Waals surface area contributed by atoms with Gasteiger partial charge in [0, 0.05) is 23.0 Å². The maximum absolute atomic E-state index is 12.7. The third-order valence-corrected chi connectivity index (χ3v) is 7.26. The number of carbonyl (C=O) groups excluding carboxylic acids is 2. The molecule has 2 amide bonds. The molecule has 0 fully saturated rings. The van der Waals surface area contributed by atoms with Gasteiger partial charge in [-0.15, -0.1) is 11.8 Å². The van der Waals surface area contributed by atoms with Crippen LogP contribution in [0.25, 0.3) is 0 Å². The van der Waals surface area contributed by atoms with E-state index in [1.165, 1.54) is 31.0 Å². The molecular weight excluding hydrogens is 412 g/mol. The van der Waals surface area contributed by atoms with Crippen LogP contribution in [0, 0.1) is 0 Å². The number of carbonyl (C=O) groups is 2. The Bertz CT molecular complexity index is 1040. The number of fused-ring (bicyclic) bond motifs is 1. The first-order valence-corrected chi connectivity index (χ1v) is 11.6. The molecule has 0 bridgehead atoms. The molecular formula is C20H22N2O5S2. The van der Waals surface area contributed by atoms with E-state index in [2.05, 4.69) is 10.6 Å². The summed E-state index contributed by atoms with van der Waals surface area (Å²) < 4.78 is 30.6. The van der Waals surface area contributed by atoms with Gasteiger partial charge in [-0.2, -0.15) is 0 Å². The quantitative estimate of drug-likeness (QED) is 0.723. The molecule has 1 aliphatic heterocycles. The third kappa shape index (κ3) is 5.30. The molecule has 0 spiro atoms. The van der Waals surface area contributed by atoms with Crippen molar-refractivity contribution in [2.75, 3.05) is 23.5 Å². The van der Waals surface area contributed by atoms with E-state index in [4.69, 9.17) is 4.74 Å². The van der Waals surface area contributed by atoms with Gasteiger partial charge in [0.25, 0.3) is 0 Å². The van der Waals surface area contributed by atoms with Crippen molar-refractivity contribution in [3.05, 3.63) is 42.5 Å². The Morgan fingerprint density at radius 3 is 2.79 bits per heavy atom. The van der Waals surface area contributed by atoms with Crippen molar-refractivity contribution in [1.82, 2.24) is 0 Å². The van der Waals surface area contributed by atoms with Crippen LogP contribution in [0.5, 0.6) is 5.75 Å². The lowest BCUT2D eigenvalue weighted by atomic mass is 10.3. The first kappa shape index (κ1) is 21.2. The van der Waals surface area contributed by atoms with Gasteiger partial charge < -0.3 is 15.4 Å². The first-order chi connectivity index (χ1) is 13.8. The average Bonchev–Trinajstić information content (AvgIpc) is 2.82. The number of ether oxygens (including phenoxy) is 1. The van der Waals surface area contributed by atoms with Crippen molar-refractivity contribution >= 4 is 44.8 Å². The number of hydrogen-bond donors (Lipinski definition) is 2. The van der Waals surface area contributed by atoms with Crippen molar-refractivity contribution in [2.24, 2.45) is 0 Å². The summed E-state index contributed by atoms with van der Waals surface area (Å²) in [6, 6.07) is 11.6. The fraction of sp³-hybridized carbons (Fsp3) is 0.300. The molecule has 1 unspecified atom stereocenters. The van der Waals surface area contributed by atoms with Crippen LogP contribution in [-0.2, 0) is 19.4 Å². The van der Waals surface area contributed by atoms with Crippen molar-refractivity contribution in [3.8, 4) is 5.75 Å². The Kier molecular flexibility index (Phi) is 6.49. The minimum Gasteiger partial charge on any atom is -0.495 e. The monoisotopic (exact) mass is 434 g/mol. The van der Waals surface area contributed by atoms with E-state index in [1.807, 2.05) is 6.92 Å². The topological polar surface area (TPSA) is 102 Å². The highest BCUT2D eigenvalue weighted by Crippen LogP contribution is 2.36. The number of para-hydroxylation sites is 2. The van der Waals surface area contributed by atoms with Crippen LogP contribution in [-0.4, -0.2) is 38.3 Å². The second-order valence-electron chi connectivity index (χ2n) is 6.66. The predicted octanol–water partition coefficient (Wildman–Crippen LogP) is 3.32. The van der Waals surface area contributed by atoms with Crippen LogP contribution in [0.3, 0.4) is 0 Å². The maximum Gasteiger partial charge on any atom is 0.225 e. The first-order valence-electron chi connectivity index (χ1n) is 9.04. The van der Waals surface area contributed by atoms with Crippen molar-refractivity contribution < 1.29 is 22.7 Å². The molecule has 2 aromatic carbocycles. The van der Waals surface area contributed by atoms with E-state index in [1.54, 1.807) is 30.3 Å². The summed E-state index contributed by atoms with van der Waals surface area (Å²) in [7, 11) is -2.20. The highest BCUT2D eigenvalue weighted by atomic mass is 32.2. The number of nitrogens with one attached hydrogen (secondary N) is 2. The summed E-state index contributed by atoms with van der Waals surface area (Å²) in [5.41, 5.74) is 0.972. The van der Waals surface area contributed by atoms with Gasteiger partial charge in [0.2, 0.25) is 11.8 Å². The molecule has 29 heavy (non-hydrogen) atoms. The number of benzene rings is 2. The minimum absolute atomic E-state index is 0.0804. The fourth-order valence-corrected chi connectivity index (χ4v) is 5.24. The Morgan fingerprint density at radius 1 is 1.28 bits per heavy atom. The molecule has 2 N–H and O–H groups in total. The normalized spacial score (nSPS) is 16.3.